The topological polar surface area (TPSA) is 98.3 Å². The zero-order chi connectivity index (χ0) is 23.4. The molecule has 1 N–H and O–H groups in total. The molecule has 0 aliphatic carbocycles. The predicted octanol–water partition coefficient (Wildman–Crippen LogP) is 2.55. The van der Waals surface area contributed by atoms with Gasteiger partial charge in [-0.25, -0.2) is 23.4 Å². The number of anilines is 2. The monoisotopic (exact) mass is 469 g/mol. The lowest BCUT2D eigenvalue weighted by atomic mass is 9.78. The standard InChI is InChI=1S/C21H25N7O2S.C2H6/c1-14-9-17-16(10-27(14)18-4-7-23-19-15(18)3-6-22-19)20(25-13-24-17)28-8-5-21(28)11-26(12-21)31(2,29)30;1-2/h3-4,6-7,13-14H,5,8-12H2,1-2H3,(H,22,23);1-2H3. The van der Waals surface area contributed by atoms with Crippen molar-refractivity contribution in [1.82, 2.24) is 24.2 Å². The number of nitrogens with zero attached hydrogens (tertiary/aromatic N) is 6. The summed E-state index contributed by atoms with van der Waals surface area (Å²) in [5.41, 5.74) is 4.16. The van der Waals surface area contributed by atoms with Crippen LogP contribution in [-0.4, -0.2) is 70.1 Å². The molecule has 2 saturated heterocycles. The average Bonchev–Trinajstić information content (AvgIpc) is 3.21. The maximum Gasteiger partial charge on any atom is 0.211 e. The van der Waals surface area contributed by atoms with Crippen molar-refractivity contribution in [2.45, 2.75) is 51.7 Å². The van der Waals surface area contributed by atoms with E-state index < -0.39 is 10.0 Å². The number of rotatable bonds is 3. The number of aromatic amines is 1. The van der Waals surface area contributed by atoms with Gasteiger partial charge in [-0.3, -0.25) is 0 Å². The van der Waals surface area contributed by atoms with E-state index in [-0.39, 0.29) is 5.54 Å². The maximum absolute atomic E-state index is 11.9. The highest BCUT2D eigenvalue weighted by molar-refractivity contribution is 7.88. The highest BCUT2D eigenvalue weighted by Gasteiger charge is 2.57. The summed E-state index contributed by atoms with van der Waals surface area (Å²) in [4.78, 5) is 21.6. The zero-order valence-electron chi connectivity index (χ0n) is 19.6. The van der Waals surface area contributed by atoms with Crippen LogP contribution >= 0.6 is 0 Å². The van der Waals surface area contributed by atoms with Crippen molar-refractivity contribution in [1.29, 1.82) is 0 Å². The third-order valence-electron chi connectivity index (χ3n) is 7.15. The van der Waals surface area contributed by atoms with E-state index >= 15 is 0 Å². The van der Waals surface area contributed by atoms with Gasteiger partial charge >= 0.3 is 0 Å². The molecule has 2 fully saturated rings. The van der Waals surface area contributed by atoms with Crippen molar-refractivity contribution in [2.75, 3.05) is 35.7 Å². The van der Waals surface area contributed by atoms with Crippen LogP contribution in [0, 0.1) is 0 Å². The largest absolute Gasteiger partial charge is 0.363 e. The van der Waals surface area contributed by atoms with Crippen LogP contribution in [0.25, 0.3) is 11.0 Å². The summed E-state index contributed by atoms with van der Waals surface area (Å²) >= 11 is 0. The Morgan fingerprint density at radius 2 is 1.94 bits per heavy atom. The Balaban J connectivity index is 0.00000111. The number of pyridine rings is 1. The first-order valence-electron chi connectivity index (χ1n) is 11.6. The Hall–Kier alpha value is -2.72. The smallest absolute Gasteiger partial charge is 0.211 e. The van der Waals surface area contributed by atoms with Gasteiger partial charge in [-0.05, 0) is 25.5 Å². The van der Waals surface area contributed by atoms with Crippen molar-refractivity contribution < 1.29 is 8.42 Å². The molecule has 1 atom stereocenters. The fourth-order valence-corrected chi connectivity index (χ4v) is 6.24. The molecule has 33 heavy (non-hydrogen) atoms. The summed E-state index contributed by atoms with van der Waals surface area (Å²) in [6.07, 6.45) is 8.54. The number of hydrogen-bond acceptors (Lipinski definition) is 7. The van der Waals surface area contributed by atoms with Crippen LogP contribution in [0.15, 0.2) is 30.9 Å². The average molecular weight is 470 g/mol. The third kappa shape index (κ3) is 3.47. The summed E-state index contributed by atoms with van der Waals surface area (Å²) in [6, 6.07) is 4.44. The molecule has 3 aliphatic rings. The minimum Gasteiger partial charge on any atom is -0.363 e. The molecule has 6 heterocycles. The molecule has 9 nitrogen and oxygen atoms in total. The van der Waals surface area contributed by atoms with Crippen molar-refractivity contribution in [3.05, 3.63) is 42.1 Å². The fourth-order valence-electron chi connectivity index (χ4n) is 5.29. The van der Waals surface area contributed by atoms with E-state index in [9.17, 15) is 8.42 Å². The maximum atomic E-state index is 11.9. The second-order valence-electron chi connectivity index (χ2n) is 9.03. The highest BCUT2D eigenvalue weighted by Crippen LogP contribution is 2.45. The van der Waals surface area contributed by atoms with Gasteiger partial charge in [0.2, 0.25) is 10.0 Å². The SMILES string of the molecule is CC.CC1Cc2ncnc(N3CCC34CN(S(C)(=O)=O)C4)c2CN1c1ccnc2[nH]ccc12. The molecular weight excluding hydrogens is 438 g/mol. The minimum atomic E-state index is -3.15. The van der Waals surface area contributed by atoms with Crippen molar-refractivity contribution in [2.24, 2.45) is 0 Å². The number of fused-ring (bicyclic) bond motifs is 2. The van der Waals surface area contributed by atoms with Crippen molar-refractivity contribution >= 4 is 32.6 Å². The number of H-pyrrole nitrogens is 1. The van der Waals surface area contributed by atoms with Crippen LogP contribution < -0.4 is 9.80 Å². The van der Waals surface area contributed by atoms with Crippen LogP contribution in [0.3, 0.4) is 0 Å². The molecule has 0 aromatic carbocycles. The van der Waals surface area contributed by atoms with Crippen molar-refractivity contribution in [3.8, 4) is 0 Å². The summed E-state index contributed by atoms with van der Waals surface area (Å²) in [5, 5.41) is 1.11. The third-order valence-corrected chi connectivity index (χ3v) is 8.34. The summed E-state index contributed by atoms with van der Waals surface area (Å²) in [7, 11) is -3.15. The molecule has 0 radical (unpaired) electrons. The molecule has 1 spiro atoms. The lowest BCUT2D eigenvalue weighted by molar-refractivity contribution is 0.0916. The van der Waals surface area contributed by atoms with Crippen LogP contribution in [0.4, 0.5) is 11.5 Å². The van der Waals surface area contributed by atoms with E-state index in [1.54, 1.807) is 10.6 Å². The fraction of sp³-hybridized carbons (Fsp3) is 0.522. The minimum absolute atomic E-state index is 0.121. The molecule has 10 heteroatoms. The van der Waals surface area contributed by atoms with Crippen LogP contribution in [0.5, 0.6) is 0 Å². The number of aromatic nitrogens is 4. The van der Waals surface area contributed by atoms with Gasteiger partial charge in [0.15, 0.2) is 0 Å². The first-order chi connectivity index (χ1) is 15.9. The van der Waals surface area contributed by atoms with Crippen LogP contribution in [0.1, 0.15) is 38.4 Å². The molecule has 176 valence electrons. The quantitative estimate of drug-likeness (QED) is 0.629. The number of hydrogen-bond donors (Lipinski definition) is 1. The van der Waals surface area contributed by atoms with Crippen molar-refractivity contribution in [3.63, 3.8) is 0 Å². The second kappa shape index (κ2) is 7.95. The van der Waals surface area contributed by atoms with E-state index in [2.05, 4.69) is 48.8 Å². The van der Waals surface area contributed by atoms with E-state index in [1.807, 2.05) is 26.2 Å². The normalized spacial score (nSPS) is 21.8. The molecule has 0 amide bonds. The second-order valence-corrected chi connectivity index (χ2v) is 11.0. The lowest BCUT2D eigenvalue weighted by Crippen LogP contribution is -2.78. The van der Waals surface area contributed by atoms with E-state index in [4.69, 9.17) is 0 Å². The van der Waals surface area contributed by atoms with Gasteiger partial charge in [0, 0.05) is 67.7 Å². The molecule has 3 aromatic rings. The van der Waals surface area contributed by atoms with Crippen LogP contribution in [-0.2, 0) is 23.0 Å². The Bertz CT molecular complexity index is 1280. The summed E-state index contributed by atoms with van der Waals surface area (Å²) in [6.45, 7) is 8.93. The van der Waals surface area contributed by atoms with Gasteiger partial charge in [0.25, 0.3) is 0 Å². The number of sulfonamides is 1. The first kappa shape index (κ1) is 22.1. The zero-order valence-corrected chi connectivity index (χ0v) is 20.4. The van der Waals surface area contributed by atoms with Gasteiger partial charge in [-0.1, -0.05) is 13.8 Å². The summed E-state index contributed by atoms with van der Waals surface area (Å²) in [5.74, 6) is 0.959. The van der Waals surface area contributed by atoms with Gasteiger partial charge in [-0.15, -0.1) is 0 Å². The van der Waals surface area contributed by atoms with E-state index in [0.717, 1.165) is 59.7 Å². The van der Waals surface area contributed by atoms with E-state index in [1.165, 1.54) is 6.26 Å². The molecule has 3 aliphatic heterocycles. The van der Waals surface area contributed by atoms with Gasteiger partial charge in [0.05, 0.1) is 17.5 Å². The molecule has 1 unspecified atom stereocenters. The predicted molar refractivity (Wildman–Crippen MR) is 130 cm³/mol. The highest BCUT2D eigenvalue weighted by atomic mass is 32.2. The van der Waals surface area contributed by atoms with Gasteiger partial charge in [-0.2, -0.15) is 4.31 Å². The molecular formula is C23H31N7O2S. The number of nitrogens with one attached hydrogen (secondary N) is 1. The Morgan fingerprint density at radius 3 is 2.64 bits per heavy atom. The molecule has 3 aromatic heterocycles. The first-order valence-corrected chi connectivity index (χ1v) is 13.4. The Kier molecular flexibility index (Phi) is 5.32. The Labute approximate surface area is 194 Å². The molecule has 0 bridgehead atoms. The molecule has 6 rings (SSSR count). The molecule has 0 saturated carbocycles. The van der Waals surface area contributed by atoms with Gasteiger partial charge in [0.1, 0.15) is 17.8 Å². The van der Waals surface area contributed by atoms with Gasteiger partial charge < -0.3 is 14.8 Å². The van der Waals surface area contributed by atoms with Crippen LogP contribution in [0.2, 0.25) is 0 Å². The summed E-state index contributed by atoms with van der Waals surface area (Å²) < 4.78 is 25.4. The lowest BCUT2D eigenvalue weighted by Gasteiger charge is -2.62. The van der Waals surface area contributed by atoms with E-state index in [0.29, 0.717) is 19.1 Å². The Morgan fingerprint density at radius 1 is 1.15 bits per heavy atom.